The topological polar surface area (TPSA) is 43.4 Å². The van der Waals surface area contributed by atoms with Gasteiger partial charge in [0, 0.05) is 75.5 Å². The zero-order chi connectivity index (χ0) is 68.9. The normalized spacial score (nSPS) is 29.4. The molecule has 8 heterocycles. The van der Waals surface area contributed by atoms with E-state index in [0.717, 1.165) is 99.3 Å². The van der Waals surface area contributed by atoms with Gasteiger partial charge in [-0.3, -0.25) is 0 Å². The van der Waals surface area contributed by atoms with Crippen LogP contribution in [-0.2, 0) is 16.2 Å². The van der Waals surface area contributed by atoms with Gasteiger partial charge in [-0.2, -0.15) is 0 Å². The Morgan fingerprint density at radius 1 is 0.324 bits per heavy atom. The summed E-state index contributed by atoms with van der Waals surface area (Å²) < 4.78 is 36.2. The lowest BCUT2D eigenvalue weighted by Gasteiger charge is -2.57. The average molecular weight is 1400 g/mol. The highest BCUT2D eigenvalue weighted by atomic mass is 32.1. The summed E-state index contributed by atoms with van der Waals surface area (Å²) in [5, 5.41) is 2.42. The molecule has 12 saturated carbocycles. The molecule has 2 aromatic heterocycles. The first-order chi connectivity index (χ1) is 51.2. The number of ether oxygens (including phenoxy) is 4. The highest BCUT2D eigenvalue weighted by molar-refractivity contribution is 7.33. The van der Waals surface area contributed by atoms with Crippen LogP contribution in [0.5, 0.6) is 46.0 Å². The van der Waals surface area contributed by atoms with Crippen LogP contribution in [0.4, 0.5) is 34.1 Å². The summed E-state index contributed by atoms with van der Waals surface area (Å²) in [7, 11) is 0. The third kappa shape index (κ3) is 8.01. The van der Waals surface area contributed by atoms with Crippen molar-refractivity contribution in [2.75, 3.05) is 9.80 Å². The molecular weight excluding hydrogens is 1320 g/mol. The van der Waals surface area contributed by atoms with E-state index in [-0.39, 0.29) is 36.4 Å². The largest absolute Gasteiger partial charge is 0.458 e. The quantitative estimate of drug-likeness (QED) is 0.160. The van der Waals surface area contributed by atoms with Crippen molar-refractivity contribution in [2.45, 2.75) is 173 Å². The molecule has 516 valence electrons. The molecule has 0 saturated heterocycles. The number of rotatable bonds is 5. The number of nitrogens with zero attached hydrogens (tertiary/aromatic N) is 2. The molecule has 11 heteroatoms. The Balaban J connectivity index is 0.762. The molecular formula is C94H85B3N2O4S2. The van der Waals surface area contributed by atoms with E-state index in [4.69, 9.17) is 18.9 Å². The molecule has 6 aliphatic heterocycles. The minimum absolute atomic E-state index is 0.0853. The number of thiophene rings is 2. The van der Waals surface area contributed by atoms with Crippen LogP contribution in [0.15, 0.2) is 133 Å². The number of aryl methyl sites for hydroxylation is 6. The summed E-state index contributed by atoms with van der Waals surface area (Å²) >= 11 is 3.85. The third-order valence-corrected chi connectivity index (χ3v) is 33.4. The van der Waals surface area contributed by atoms with E-state index in [1.165, 1.54) is 262 Å². The zero-order valence-electron chi connectivity index (χ0n) is 61.2. The minimum atomic E-state index is -0.187. The number of hydrogen-bond donors (Lipinski definition) is 0. The van der Waals surface area contributed by atoms with Crippen molar-refractivity contribution in [2.24, 2.45) is 53.3 Å². The molecule has 0 amide bonds. The molecule has 9 aromatic carbocycles. The van der Waals surface area contributed by atoms with Crippen LogP contribution < -0.4 is 76.5 Å². The van der Waals surface area contributed by atoms with Gasteiger partial charge in [-0.25, -0.2) is 0 Å². The molecule has 0 N–H and O–H groups in total. The molecule has 12 aliphatic carbocycles. The molecule has 18 aliphatic rings. The van der Waals surface area contributed by atoms with E-state index >= 15 is 0 Å². The first kappa shape index (κ1) is 60.0. The zero-order valence-corrected chi connectivity index (χ0v) is 62.8. The Bertz CT molecular complexity index is 5380. The lowest BCUT2D eigenvalue weighted by Crippen LogP contribution is -2.65. The third-order valence-electron chi connectivity index (χ3n) is 30.9. The standard InChI is InChI=1S/C94H85B3N2O4S2/c1-47-15-49(3)86(50(4)16-47)98-71-36-75-69(96-84-77(100-75)30-63(93-41-56-22-57(42-93)24-58(23-56)43-93)32-79(84)102-88-65-11-7-9-13-81(65)104-90(88)96)34-67(71)95-68-35-70-76(37-72(68)99(87-51(5)17-48(2)18-52(87)6)74-29-62(28-73(98)83(74)95)92-38-53-19-54(39-92)21-55(20-53)40-92)101-78-31-64(94-44-59-25-60(45-94)27-61(26-59)46-94)33-80-85(78)97(70)91-89(103-80)66-12-8-10-14-82(66)105-91/h7-18,28-37,53-61H,19-27,38-46H2,1-6H3. The average Bonchev–Trinajstić information content (AvgIpc) is 1.27. The van der Waals surface area contributed by atoms with Crippen LogP contribution in [0.25, 0.3) is 20.2 Å². The van der Waals surface area contributed by atoms with Crippen LogP contribution in [0.1, 0.15) is 166 Å². The second-order valence-corrected chi connectivity index (χ2v) is 39.8. The Morgan fingerprint density at radius 3 is 1.00 bits per heavy atom. The van der Waals surface area contributed by atoms with Crippen LogP contribution in [0, 0.1) is 94.8 Å². The Labute approximate surface area is 625 Å². The van der Waals surface area contributed by atoms with Crippen molar-refractivity contribution >= 4 is 145 Å². The molecule has 12 fully saturated rings. The SMILES string of the molecule is Cc1cc(C)c(N2c3cc4c(cc3B3c5cc6c(cc5N(c5c(C)cc(C)cc5C)c5cc(C78CC9CC(CC(C9)C7)C8)cc2c53)Oc2cc(C35CC7CC(CC(C7)C3)C5)cc3c2B6c2sc5ccccc5c2O3)B2c3sc5ccccc5c3Oc3cc(C56CC7CC(CC(C7)C5)C6)cc(c32)O4)c(C)c1. The smallest absolute Gasteiger partial charge is 0.273 e. The summed E-state index contributed by atoms with van der Waals surface area (Å²) in [5.74, 6) is 15.2. The minimum Gasteiger partial charge on any atom is -0.458 e. The maximum absolute atomic E-state index is 7.96. The van der Waals surface area contributed by atoms with Crippen LogP contribution in [0.2, 0.25) is 0 Å². The van der Waals surface area contributed by atoms with E-state index in [2.05, 4.69) is 185 Å². The maximum Gasteiger partial charge on any atom is 0.273 e. The Morgan fingerprint density at radius 2 is 0.648 bits per heavy atom. The van der Waals surface area contributed by atoms with Gasteiger partial charge in [-0.15, -0.1) is 22.7 Å². The van der Waals surface area contributed by atoms with E-state index in [1.807, 2.05) is 22.7 Å². The molecule has 12 bridgehead atoms. The van der Waals surface area contributed by atoms with Gasteiger partial charge < -0.3 is 28.7 Å². The lowest BCUT2D eigenvalue weighted by molar-refractivity contribution is -0.00542. The van der Waals surface area contributed by atoms with Crippen LogP contribution >= 0.6 is 22.7 Å². The Hall–Kier alpha value is -8.11. The first-order valence-corrected chi connectivity index (χ1v) is 42.2. The molecule has 0 atom stereocenters. The molecule has 0 spiro atoms. The highest BCUT2D eigenvalue weighted by Gasteiger charge is 2.58. The Kier molecular flexibility index (Phi) is 11.6. The van der Waals surface area contributed by atoms with Crippen molar-refractivity contribution in [1.29, 1.82) is 0 Å². The van der Waals surface area contributed by atoms with Crippen molar-refractivity contribution in [3.8, 4) is 46.0 Å². The molecule has 0 radical (unpaired) electrons. The van der Waals surface area contributed by atoms with Gasteiger partial charge in [0.05, 0.1) is 11.4 Å². The second kappa shape index (κ2) is 20.4. The van der Waals surface area contributed by atoms with Crippen molar-refractivity contribution in [3.05, 3.63) is 184 Å². The summed E-state index contributed by atoms with van der Waals surface area (Å²) in [6.45, 7) is 13.7. The van der Waals surface area contributed by atoms with Gasteiger partial charge in [-0.1, -0.05) is 71.8 Å². The molecule has 29 rings (SSSR count). The predicted octanol–water partition coefficient (Wildman–Crippen LogP) is 18.9. The fraction of sp³-hybridized carbons (Fsp3) is 0.383. The predicted molar refractivity (Wildman–Crippen MR) is 435 cm³/mol. The number of anilines is 6. The first-order valence-electron chi connectivity index (χ1n) is 40.6. The molecule has 6 nitrogen and oxygen atoms in total. The summed E-state index contributed by atoms with van der Waals surface area (Å²) in [6, 6.07) is 54.2. The number of fused-ring (bicyclic) bond motifs is 16. The van der Waals surface area contributed by atoms with E-state index in [9.17, 15) is 0 Å². The fourth-order valence-electron chi connectivity index (χ4n) is 28.6. The van der Waals surface area contributed by atoms with Gasteiger partial charge in [0.15, 0.2) is 0 Å². The van der Waals surface area contributed by atoms with Gasteiger partial charge in [0.25, 0.3) is 20.1 Å². The number of benzene rings is 9. The summed E-state index contributed by atoms with van der Waals surface area (Å²) in [5.41, 5.74) is 29.1. The second-order valence-electron chi connectivity index (χ2n) is 37.6. The van der Waals surface area contributed by atoms with Gasteiger partial charge in [-0.05, 0) is 354 Å². The molecule has 0 unspecified atom stereocenters. The summed E-state index contributed by atoms with van der Waals surface area (Å²) in [4.78, 5) is 5.60. The molecule has 105 heavy (non-hydrogen) atoms. The van der Waals surface area contributed by atoms with E-state index in [1.54, 1.807) is 5.56 Å². The number of hydrogen-bond acceptors (Lipinski definition) is 8. The highest BCUT2D eigenvalue weighted by Crippen LogP contribution is 2.66. The van der Waals surface area contributed by atoms with Crippen molar-refractivity contribution in [1.82, 2.24) is 0 Å². The van der Waals surface area contributed by atoms with Crippen LogP contribution in [0.3, 0.4) is 0 Å². The van der Waals surface area contributed by atoms with Gasteiger partial charge in [0.1, 0.15) is 46.0 Å². The fourth-order valence-corrected chi connectivity index (χ4v) is 31.2. The summed E-state index contributed by atoms with van der Waals surface area (Å²) in [6.07, 6.45) is 24.1. The van der Waals surface area contributed by atoms with E-state index in [0.29, 0.717) is 0 Å². The van der Waals surface area contributed by atoms with Crippen molar-refractivity contribution in [3.63, 3.8) is 0 Å². The van der Waals surface area contributed by atoms with Crippen molar-refractivity contribution < 1.29 is 18.9 Å². The monoisotopic (exact) mass is 1400 g/mol. The van der Waals surface area contributed by atoms with E-state index < -0.39 is 0 Å². The molecule has 11 aromatic rings. The maximum atomic E-state index is 7.96. The van der Waals surface area contributed by atoms with Gasteiger partial charge in [0.2, 0.25) is 0 Å². The lowest BCUT2D eigenvalue weighted by atomic mass is 9.30. The van der Waals surface area contributed by atoms with Gasteiger partial charge >= 0.3 is 0 Å². The van der Waals surface area contributed by atoms with Crippen LogP contribution in [-0.4, -0.2) is 20.1 Å².